The molecule has 0 aromatic heterocycles. The zero-order valence-corrected chi connectivity index (χ0v) is 14.7. The van der Waals surface area contributed by atoms with Crippen LogP contribution in [0.1, 0.15) is 29.0 Å². The number of nitrogens with zero attached hydrogens (tertiary/aromatic N) is 1. The number of aliphatic imine (C=N–C) groups is 1. The van der Waals surface area contributed by atoms with Gasteiger partial charge in [-0.2, -0.15) is 0 Å². The molecule has 130 valence electrons. The van der Waals surface area contributed by atoms with Gasteiger partial charge >= 0.3 is 0 Å². The molecular weight excluding hydrogens is 322 g/mol. The Morgan fingerprint density at radius 3 is 2.58 bits per heavy atom. The largest absolute Gasteiger partial charge is 0.504 e. The normalized spacial score (nSPS) is 16.3. The van der Waals surface area contributed by atoms with Crippen molar-refractivity contribution < 1.29 is 9.84 Å². The summed E-state index contributed by atoms with van der Waals surface area (Å²) < 4.78 is 5.75. The molecule has 0 aliphatic carbocycles. The average Bonchev–Trinajstić information content (AvgIpc) is 3.14. The van der Waals surface area contributed by atoms with Gasteiger partial charge in [-0.3, -0.25) is 4.99 Å². The van der Waals surface area contributed by atoms with Gasteiger partial charge in [-0.1, -0.05) is 54.1 Å². The summed E-state index contributed by atoms with van der Waals surface area (Å²) in [4.78, 5) is 4.73. The van der Waals surface area contributed by atoms with Gasteiger partial charge in [-0.05, 0) is 48.7 Å². The molecule has 0 amide bonds. The minimum atomic E-state index is 0.162. The maximum Gasteiger partial charge on any atom is 0.169 e. The molecule has 26 heavy (non-hydrogen) atoms. The monoisotopic (exact) mass is 343 g/mol. The van der Waals surface area contributed by atoms with E-state index < -0.39 is 0 Å². The fraction of sp³-hybridized carbons (Fsp3) is 0.174. The van der Waals surface area contributed by atoms with Crippen molar-refractivity contribution in [1.82, 2.24) is 0 Å². The third kappa shape index (κ3) is 3.47. The summed E-state index contributed by atoms with van der Waals surface area (Å²) in [5, 5.41) is 10.4. The van der Waals surface area contributed by atoms with Crippen molar-refractivity contribution in [3.63, 3.8) is 0 Å². The summed E-state index contributed by atoms with van der Waals surface area (Å²) >= 11 is 0. The van der Waals surface area contributed by atoms with Crippen LogP contribution in [-0.4, -0.2) is 17.4 Å². The minimum absolute atomic E-state index is 0.162. The molecule has 1 N–H and O–H groups in total. The van der Waals surface area contributed by atoms with Gasteiger partial charge in [0.2, 0.25) is 0 Å². The number of aryl methyl sites for hydroxylation is 1. The Kier molecular flexibility index (Phi) is 4.44. The van der Waals surface area contributed by atoms with Gasteiger partial charge in [0.05, 0.1) is 0 Å². The van der Waals surface area contributed by atoms with Crippen LogP contribution in [0.2, 0.25) is 0 Å². The molecular formula is C23H21NO2. The standard InChI is InChI=1S/C23H21NO2/c1-16-6-5-7-18(12-16)21-13-19(15-24-21)17-10-11-23(22(25)14-17)26-20-8-3-2-4-9-20/h2-12,14,19,25H,13,15H2,1H3. The average molecular weight is 343 g/mol. The van der Waals surface area contributed by atoms with Crippen molar-refractivity contribution in [2.24, 2.45) is 4.99 Å². The van der Waals surface area contributed by atoms with Crippen LogP contribution in [0.4, 0.5) is 0 Å². The number of aromatic hydroxyl groups is 1. The SMILES string of the molecule is Cc1cccc(C2=NCC(c3ccc(Oc4ccccc4)c(O)c3)C2)c1. The molecule has 0 bridgehead atoms. The van der Waals surface area contributed by atoms with E-state index in [4.69, 9.17) is 9.73 Å². The van der Waals surface area contributed by atoms with Gasteiger partial charge in [-0.25, -0.2) is 0 Å². The molecule has 3 nitrogen and oxygen atoms in total. The third-order valence-electron chi connectivity index (χ3n) is 4.72. The molecule has 0 saturated carbocycles. The Hall–Kier alpha value is -3.07. The smallest absolute Gasteiger partial charge is 0.169 e. The quantitative estimate of drug-likeness (QED) is 0.682. The van der Waals surface area contributed by atoms with E-state index in [9.17, 15) is 5.11 Å². The van der Waals surface area contributed by atoms with Crippen molar-refractivity contribution in [3.05, 3.63) is 89.5 Å². The highest BCUT2D eigenvalue weighted by atomic mass is 16.5. The van der Waals surface area contributed by atoms with Gasteiger partial charge in [0.1, 0.15) is 5.75 Å². The van der Waals surface area contributed by atoms with Crippen LogP contribution in [-0.2, 0) is 0 Å². The van der Waals surface area contributed by atoms with Gasteiger partial charge in [0, 0.05) is 18.2 Å². The number of hydrogen-bond donors (Lipinski definition) is 1. The third-order valence-corrected chi connectivity index (χ3v) is 4.72. The van der Waals surface area contributed by atoms with Crippen molar-refractivity contribution in [1.29, 1.82) is 0 Å². The van der Waals surface area contributed by atoms with E-state index in [0.29, 0.717) is 17.4 Å². The van der Waals surface area contributed by atoms with Crippen LogP contribution in [0.5, 0.6) is 17.2 Å². The van der Waals surface area contributed by atoms with Gasteiger partial charge in [-0.15, -0.1) is 0 Å². The maximum atomic E-state index is 10.4. The van der Waals surface area contributed by atoms with Crippen molar-refractivity contribution in [3.8, 4) is 17.2 Å². The number of benzene rings is 3. The van der Waals surface area contributed by atoms with Gasteiger partial charge in [0.15, 0.2) is 11.5 Å². The van der Waals surface area contributed by atoms with E-state index in [1.165, 1.54) is 11.1 Å². The first-order valence-electron chi connectivity index (χ1n) is 8.85. The summed E-state index contributed by atoms with van der Waals surface area (Å²) in [5.74, 6) is 1.64. The molecule has 3 aromatic carbocycles. The molecule has 1 atom stereocenters. The Labute approximate surface area is 153 Å². The summed E-state index contributed by atoms with van der Waals surface area (Å²) in [6, 6.07) is 23.6. The first kappa shape index (κ1) is 16.4. The lowest BCUT2D eigenvalue weighted by molar-refractivity contribution is 0.410. The second kappa shape index (κ2) is 7.04. The molecule has 0 radical (unpaired) electrons. The second-order valence-corrected chi connectivity index (χ2v) is 6.70. The molecule has 3 aromatic rings. The number of phenolic OH excluding ortho intramolecular Hbond substituents is 1. The summed E-state index contributed by atoms with van der Waals surface area (Å²) in [7, 11) is 0. The van der Waals surface area contributed by atoms with E-state index in [2.05, 4.69) is 31.2 Å². The summed E-state index contributed by atoms with van der Waals surface area (Å²) in [5.41, 5.74) is 4.67. The number of ether oxygens (including phenoxy) is 1. The van der Waals surface area contributed by atoms with Crippen LogP contribution < -0.4 is 4.74 Å². The lowest BCUT2D eigenvalue weighted by Gasteiger charge is -2.13. The van der Waals surface area contributed by atoms with Crippen LogP contribution >= 0.6 is 0 Å². The topological polar surface area (TPSA) is 41.8 Å². The van der Waals surface area contributed by atoms with Gasteiger partial charge in [0.25, 0.3) is 0 Å². The fourth-order valence-corrected chi connectivity index (χ4v) is 3.33. The highest BCUT2D eigenvalue weighted by Crippen LogP contribution is 2.36. The van der Waals surface area contributed by atoms with E-state index >= 15 is 0 Å². The van der Waals surface area contributed by atoms with Crippen molar-refractivity contribution in [2.45, 2.75) is 19.3 Å². The molecule has 4 rings (SSSR count). The van der Waals surface area contributed by atoms with E-state index in [0.717, 1.165) is 24.2 Å². The highest BCUT2D eigenvalue weighted by Gasteiger charge is 2.22. The first-order valence-corrected chi connectivity index (χ1v) is 8.85. The summed E-state index contributed by atoms with van der Waals surface area (Å²) in [6.07, 6.45) is 0.891. The molecule has 1 heterocycles. The van der Waals surface area contributed by atoms with Crippen molar-refractivity contribution >= 4 is 5.71 Å². The Balaban J connectivity index is 1.49. The van der Waals surface area contributed by atoms with Crippen LogP contribution in [0, 0.1) is 6.92 Å². The molecule has 1 aliphatic heterocycles. The van der Waals surface area contributed by atoms with Crippen LogP contribution in [0.25, 0.3) is 0 Å². The number of hydrogen-bond acceptors (Lipinski definition) is 3. The first-order chi connectivity index (χ1) is 12.7. The van der Waals surface area contributed by atoms with E-state index in [1.807, 2.05) is 42.5 Å². The highest BCUT2D eigenvalue weighted by molar-refractivity contribution is 6.02. The molecule has 0 saturated heterocycles. The Morgan fingerprint density at radius 1 is 0.962 bits per heavy atom. The lowest BCUT2D eigenvalue weighted by atomic mass is 9.93. The number of rotatable bonds is 4. The van der Waals surface area contributed by atoms with E-state index in [1.54, 1.807) is 6.07 Å². The predicted molar refractivity (Wildman–Crippen MR) is 105 cm³/mol. The second-order valence-electron chi connectivity index (χ2n) is 6.70. The lowest BCUT2D eigenvalue weighted by Crippen LogP contribution is -2.02. The molecule has 1 aliphatic rings. The Morgan fingerprint density at radius 2 is 1.81 bits per heavy atom. The predicted octanol–water partition coefficient (Wildman–Crippen LogP) is 5.47. The van der Waals surface area contributed by atoms with E-state index in [-0.39, 0.29) is 5.75 Å². The molecule has 3 heteroatoms. The fourth-order valence-electron chi connectivity index (χ4n) is 3.33. The van der Waals surface area contributed by atoms with Gasteiger partial charge < -0.3 is 9.84 Å². The maximum absolute atomic E-state index is 10.4. The van der Waals surface area contributed by atoms with Crippen molar-refractivity contribution in [2.75, 3.05) is 6.54 Å². The zero-order valence-electron chi connectivity index (χ0n) is 14.7. The molecule has 0 fully saturated rings. The zero-order chi connectivity index (χ0) is 17.9. The molecule has 1 unspecified atom stereocenters. The number of phenols is 1. The Bertz CT molecular complexity index is 947. The van der Waals surface area contributed by atoms with Crippen LogP contribution in [0.15, 0.2) is 77.8 Å². The van der Waals surface area contributed by atoms with Crippen LogP contribution in [0.3, 0.4) is 0 Å². The molecule has 0 spiro atoms. The minimum Gasteiger partial charge on any atom is -0.504 e. The summed E-state index contributed by atoms with van der Waals surface area (Å²) in [6.45, 7) is 2.85. The number of para-hydroxylation sites is 1.